The molecular weight excluding hydrogens is 1300 g/mol. The average molecular weight is 1380 g/mol. The van der Waals surface area contributed by atoms with E-state index >= 15 is 0 Å². The van der Waals surface area contributed by atoms with Crippen LogP contribution in [0.2, 0.25) is 0 Å². The van der Waals surface area contributed by atoms with Gasteiger partial charge in [0.15, 0.2) is 22.8 Å². The lowest BCUT2D eigenvalue weighted by atomic mass is 9.54. The zero-order valence-electron chi connectivity index (χ0n) is 53.9. The summed E-state index contributed by atoms with van der Waals surface area (Å²) in [5.41, 5.74) is 2.09. The zero-order valence-corrected chi connectivity index (χ0v) is 53.9. The van der Waals surface area contributed by atoms with E-state index in [4.69, 9.17) is 20.9 Å². The number of Topliss-reactive ketones (excluding diaryl/α,β-unsaturated/α-hetero) is 4. The Bertz CT molecular complexity index is 3790. The van der Waals surface area contributed by atoms with E-state index in [1.54, 1.807) is 41.8 Å². The molecule has 2 aromatic rings. The zero-order chi connectivity index (χ0) is 72.1. The molecule has 2 saturated carbocycles. The van der Waals surface area contributed by atoms with Crippen molar-refractivity contribution < 1.29 is 125 Å². The van der Waals surface area contributed by atoms with Gasteiger partial charge in [0.25, 0.3) is 11.8 Å². The minimum atomic E-state index is -4.33. The number of likely N-dealkylation sites (tertiary alicyclic amines) is 2. The summed E-state index contributed by atoms with van der Waals surface area (Å²) in [7, 11) is 6.73. The number of aliphatic hydroxyl groups excluding tert-OH is 4. The second-order valence-electron chi connectivity index (χ2n) is 26.5. The van der Waals surface area contributed by atoms with Gasteiger partial charge in [0, 0.05) is 54.1 Å². The van der Waals surface area contributed by atoms with Crippen molar-refractivity contribution in [2.45, 2.75) is 132 Å². The number of likely N-dealkylation sites (N-methyl/N-ethyl adjacent to an activating group) is 2. The first-order chi connectivity index (χ1) is 45.1. The summed E-state index contributed by atoms with van der Waals surface area (Å²) >= 11 is 0. The molecule has 2 heterocycles. The molecule has 2 aromatic carbocycles. The molecule has 26 nitrogen and oxygen atoms in total. The van der Waals surface area contributed by atoms with E-state index in [1.165, 1.54) is 44.1 Å². The number of primary amides is 2. The van der Waals surface area contributed by atoms with E-state index in [2.05, 4.69) is 4.74 Å². The van der Waals surface area contributed by atoms with Crippen molar-refractivity contribution in [3.05, 3.63) is 91.5 Å². The number of carbonyl (C=O) groups is 9. The van der Waals surface area contributed by atoms with Crippen LogP contribution in [0.5, 0.6) is 11.5 Å². The van der Waals surface area contributed by atoms with Crippen LogP contribution in [-0.4, -0.2) is 223 Å². The number of fused-ring (bicyclic) bond motifs is 6. The number of nitrogens with zero attached hydrogens (tertiary/aromatic N) is 4. The number of halogens is 6. The highest BCUT2D eigenvalue weighted by Gasteiger charge is 2.72. The maximum absolute atomic E-state index is 14.5. The van der Waals surface area contributed by atoms with Crippen molar-refractivity contribution >= 4 is 64.4 Å². The molecule has 32 heteroatoms. The van der Waals surface area contributed by atoms with Gasteiger partial charge in [0.2, 0.25) is 11.6 Å². The van der Waals surface area contributed by atoms with E-state index in [0.717, 1.165) is 14.0 Å². The Kier molecular flexibility index (Phi) is 19.8. The van der Waals surface area contributed by atoms with Gasteiger partial charge in [-0.2, -0.15) is 26.3 Å². The van der Waals surface area contributed by atoms with Crippen molar-refractivity contribution in [2.24, 2.45) is 47.0 Å². The molecule has 528 valence electrons. The lowest BCUT2D eigenvalue weighted by molar-refractivity contribution is -0.186. The predicted molar refractivity (Wildman–Crippen MR) is 323 cm³/mol. The van der Waals surface area contributed by atoms with E-state index in [0.29, 0.717) is 5.56 Å². The van der Waals surface area contributed by atoms with Crippen molar-refractivity contribution in [3.63, 3.8) is 0 Å². The summed E-state index contributed by atoms with van der Waals surface area (Å²) in [4.78, 5) is 124. The van der Waals surface area contributed by atoms with Crippen LogP contribution in [0.15, 0.2) is 58.1 Å². The lowest BCUT2D eigenvalue weighted by Gasteiger charge is -2.54. The Morgan fingerprint density at radius 3 is 1.23 bits per heavy atom. The quantitative estimate of drug-likeness (QED) is 0.0592. The molecule has 6 aliphatic carbocycles. The van der Waals surface area contributed by atoms with Crippen LogP contribution < -0.4 is 11.5 Å². The number of aliphatic hydroxyl groups is 6. The number of carbonyl (C=O) groups excluding carboxylic acids is 9. The highest BCUT2D eigenvalue weighted by Crippen LogP contribution is 2.60. The first-order valence-corrected chi connectivity index (χ1v) is 31.1. The smallest absolute Gasteiger partial charge is 0.391 e. The number of ketones is 4. The number of esters is 3. The standard InChI is InChI=1S/C34H40F3N3O11.C31H36F3N3O9/c1-14-17-6-5-15(13-40-11-9-16(10-12-40)34(35,36)37)26(43)21(17)27(44)22-20(14)29(51-19(42)8-7-18(41)50-4)24-25(39(2)3)28(45)23(32(38)48)31(47)33(24,49)30(22)46;1-12-16-6-5-14(11-37-9-7-15(8-10-37)31(32,33)34)23(39)18(16)24(40)19-17(12)26(46-13(2)38)21-22(36(3)4)25(41)20(29(35)44)28(43)30(21,45)27(19)42/h5-6,14,16,20,24-25,29,43-44,47,49H,7-13H2,1-4H3,(H2,38,48);5-6,12,15,17,21-22,26,39-40,43,45H,7-11H2,1-4H3,(H2,35,44)/t14-,20+,24+,25-,29-,33-;12-,17+,21+,22-,26-,30-/m00/s1. The molecule has 0 radical (unpaired) electrons. The first kappa shape index (κ1) is 72.8. The molecule has 4 fully saturated rings. The van der Waals surface area contributed by atoms with Gasteiger partial charge in [-0.05, 0) is 103 Å². The fraction of sp³-hybridized carbons (Fsp3) is 0.554. The second-order valence-corrected chi connectivity index (χ2v) is 26.5. The van der Waals surface area contributed by atoms with E-state index in [9.17, 15) is 110 Å². The van der Waals surface area contributed by atoms with Crippen molar-refractivity contribution in [1.29, 1.82) is 0 Å². The number of nitrogens with two attached hydrogens (primary N) is 2. The number of amides is 2. The number of methoxy groups -OCH3 is 1. The third kappa shape index (κ3) is 12.3. The van der Waals surface area contributed by atoms with Gasteiger partial charge in [-0.15, -0.1) is 0 Å². The summed E-state index contributed by atoms with van der Waals surface area (Å²) in [6.07, 6.45) is -13.2. The fourth-order valence-corrected chi connectivity index (χ4v) is 15.8. The van der Waals surface area contributed by atoms with Crippen LogP contribution in [-0.2, 0) is 70.5 Å². The van der Waals surface area contributed by atoms with Crippen molar-refractivity contribution in [3.8, 4) is 11.5 Å². The molecule has 0 unspecified atom stereocenters. The van der Waals surface area contributed by atoms with Crippen molar-refractivity contribution in [2.75, 3.05) is 61.5 Å². The highest BCUT2D eigenvalue weighted by molar-refractivity contribution is 6.26. The first-order valence-electron chi connectivity index (χ1n) is 31.1. The van der Waals surface area contributed by atoms with Gasteiger partial charge in [-0.3, -0.25) is 62.8 Å². The van der Waals surface area contributed by atoms with E-state index < -0.39 is 218 Å². The van der Waals surface area contributed by atoms with Crippen LogP contribution in [0, 0.1) is 35.5 Å². The molecule has 0 spiro atoms. The van der Waals surface area contributed by atoms with Gasteiger partial charge in [-0.25, -0.2) is 0 Å². The second kappa shape index (κ2) is 26.4. The number of phenolic OH excluding ortho intramolecular Hbond substituents is 2. The summed E-state index contributed by atoms with van der Waals surface area (Å²) < 4.78 is 95.3. The number of benzene rings is 2. The highest BCUT2D eigenvalue weighted by atomic mass is 19.4. The summed E-state index contributed by atoms with van der Waals surface area (Å²) in [6.45, 7) is 4.72. The minimum Gasteiger partial charge on any atom is -0.508 e. The summed E-state index contributed by atoms with van der Waals surface area (Å²) in [5, 5.41) is 93.2. The topological polar surface area (TPSA) is 408 Å². The van der Waals surface area contributed by atoms with Gasteiger partial charge < -0.3 is 66.5 Å². The normalized spacial score (nSPS) is 29.6. The third-order valence-corrected chi connectivity index (χ3v) is 20.6. The number of hydrogen-bond acceptors (Lipinski definition) is 24. The van der Waals surface area contributed by atoms with E-state index in [-0.39, 0.29) is 92.8 Å². The Hall–Kier alpha value is -8.43. The Morgan fingerprint density at radius 1 is 0.577 bits per heavy atom. The van der Waals surface area contributed by atoms with Crippen LogP contribution in [0.25, 0.3) is 11.5 Å². The number of hydrogen-bond donors (Lipinski definition) is 10. The van der Waals surface area contributed by atoms with Crippen LogP contribution in [0.4, 0.5) is 26.3 Å². The number of ether oxygens (including phenoxy) is 3. The van der Waals surface area contributed by atoms with Gasteiger partial charge >= 0.3 is 30.3 Å². The van der Waals surface area contributed by atoms with Crippen LogP contribution >= 0.6 is 0 Å². The fourth-order valence-electron chi connectivity index (χ4n) is 15.8. The number of piperidine rings is 2. The largest absolute Gasteiger partial charge is 0.508 e. The predicted octanol–water partition coefficient (Wildman–Crippen LogP) is 3.62. The van der Waals surface area contributed by atoms with E-state index in [1.807, 2.05) is 0 Å². The van der Waals surface area contributed by atoms with Gasteiger partial charge in [0.1, 0.15) is 57.9 Å². The molecule has 2 saturated heterocycles. The minimum absolute atomic E-state index is 0.00261. The summed E-state index contributed by atoms with van der Waals surface area (Å²) in [5.74, 6) is -25.9. The maximum atomic E-state index is 14.5. The molecule has 0 aromatic heterocycles. The molecule has 10 rings (SSSR count). The monoisotopic (exact) mass is 1370 g/mol. The molecule has 0 bridgehead atoms. The van der Waals surface area contributed by atoms with Crippen molar-refractivity contribution in [1.82, 2.24) is 19.6 Å². The number of rotatable bonds is 13. The number of aromatic hydroxyl groups is 2. The summed E-state index contributed by atoms with van der Waals surface area (Å²) in [6, 6.07) is 3.15. The van der Waals surface area contributed by atoms with Gasteiger partial charge in [-0.1, -0.05) is 38.1 Å². The third-order valence-electron chi connectivity index (χ3n) is 20.6. The molecule has 97 heavy (non-hydrogen) atoms. The maximum Gasteiger partial charge on any atom is 0.391 e. The Morgan fingerprint density at radius 2 is 0.918 bits per heavy atom. The SMILES string of the molecule is CC(=O)O[C@H]1[C@H]2C(=C(O)c3c(ccc(CN4CCC(C(F)(F)F)CC4)c3O)[C@@H]2C)C(=O)[C@]2(O)C(O)=C(C(N)=O)C(=O)[C@@H](N(C)C)[C@H]12.COC(=O)CCC(=O)O[C@H]1[C@H]2C(=C(O)c3c(ccc(CN4CCC(C(F)(F)F)CC4)c3O)[C@@H]2C)C(=O)[C@]2(O)C(O)=C(C(N)=O)C(=O)[C@@H](N(C)C)[C@H]12. The van der Waals surface area contributed by atoms with Crippen LogP contribution in [0.3, 0.4) is 0 Å². The van der Waals surface area contributed by atoms with Gasteiger partial charge in [0.05, 0.1) is 66.8 Å². The average Bonchev–Trinajstić information content (AvgIpc) is 0.692. The molecule has 2 aliphatic heterocycles. The number of alkyl halides is 6. The number of phenols is 2. The Balaban J connectivity index is 0.000000228. The molecule has 12 atom stereocenters. The molecular formula is C65H76F6N6O20. The molecule has 12 N–H and O–H groups in total. The van der Waals surface area contributed by atoms with Crippen LogP contribution in [0.1, 0.15) is 105 Å². The lowest BCUT2D eigenvalue weighted by Crippen LogP contribution is -2.71. The molecule has 8 aliphatic rings. The Labute approximate surface area is 550 Å². The molecule has 2 amide bonds.